The number of aromatic nitrogens is 8. The van der Waals surface area contributed by atoms with Gasteiger partial charge in [0.05, 0.1) is 57.5 Å². The molecule has 648 valence electrons. The largest absolute Gasteiger partial charge is 0.381 e. The first-order valence-corrected chi connectivity index (χ1v) is 44.9. The van der Waals surface area contributed by atoms with Crippen molar-refractivity contribution in [3.05, 3.63) is 133 Å². The van der Waals surface area contributed by atoms with Gasteiger partial charge < -0.3 is 65.2 Å². The lowest BCUT2D eigenvalue weighted by atomic mass is 9.75. The molecule has 5 fully saturated rings. The van der Waals surface area contributed by atoms with E-state index in [0.29, 0.717) is 121 Å². The first-order chi connectivity index (χ1) is 58.7. The Hall–Kier alpha value is -11.8. The van der Waals surface area contributed by atoms with Gasteiger partial charge in [0.1, 0.15) is 46.9 Å². The van der Waals surface area contributed by atoms with Crippen LogP contribution in [0.4, 0.5) is 92.6 Å². The smallest absolute Gasteiger partial charge is 0.249 e. The Morgan fingerprint density at radius 2 is 0.715 bits per heavy atom. The van der Waals surface area contributed by atoms with Crippen molar-refractivity contribution in [1.82, 2.24) is 48.5 Å². The van der Waals surface area contributed by atoms with Crippen LogP contribution in [0.5, 0.6) is 0 Å². The maximum absolute atomic E-state index is 12.8. The fourth-order valence-corrected chi connectivity index (χ4v) is 18.3. The zero-order valence-electron chi connectivity index (χ0n) is 72.3. The second kappa shape index (κ2) is 36.0. The molecule has 4 unspecified atom stereocenters. The van der Waals surface area contributed by atoms with Gasteiger partial charge in [0.15, 0.2) is 23.3 Å². The van der Waals surface area contributed by atoms with Crippen molar-refractivity contribution in [3.8, 4) is 12.1 Å². The topological polar surface area (TPSA) is 377 Å². The third kappa shape index (κ3) is 19.1. The molecule has 9 heterocycles. The van der Waals surface area contributed by atoms with E-state index in [-0.39, 0.29) is 57.6 Å². The van der Waals surface area contributed by atoms with Crippen molar-refractivity contribution in [2.75, 3.05) is 157 Å². The van der Waals surface area contributed by atoms with Crippen LogP contribution >= 0.6 is 0 Å². The minimum atomic E-state index is -3.50. The summed E-state index contributed by atoms with van der Waals surface area (Å²) < 4.78 is 57.8. The number of anilines is 16. The summed E-state index contributed by atoms with van der Waals surface area (Å²) in [6, 6.07) is 32.7. The molecule has 4 amide bonds. The van der Waals surface area contributed by atoms with Crippen LogP contribution in [0.3, 0.4) is 0 Å². The molecule has 4 aromatic carbocycles. The number of carbonyl (C=O) groups excluding carboxylic acids is 4. The van der Waals surface area contributed by atoms with Crippen molar-refractivity contribution < 1.29 is 40.8 Å². The molecule has 9 aliphatic rings. The minimum Gasteiger partial charge on any atom is -0.381 e. The Balaban J connectivity index is 0.000000134. The molecule has 4 N–H and O–H groups in total. The summed E-state index contributed by atoms with van der Waals surface area (Å²) in [5, 5.41) is 31.8. The van der Waals surface area contributed by atoms with Crippen LogP contribution < -0.4 is 60.5 Å². The number of amides is 4. The fourth-order valence-electron chi connectivity index (χ4n) is 16.0. The van der Waals surface area contributed by atoms with E-state index in [4.69, 9.17) is 14.7 Å². The number of nitriles is 2. The second-order valence-electron chi connectivity index (χ2n) is 34.0. The molecular formula is C88H110N24O9S2. The van der Waals surface area contributed by atoms with Gasteiger partial charge in [-0.15, -0.1) is 0 Å². The van der Waals surface area contributed by atoms with Gasteiger partial charge in [-0.3, -0.25) is 19.2 Å². The van der Waals surface area contributed by atoms with Gasteiger partial charge >= 0.3 is 0 Å². The molecule has 5 aliphatic heterocycles. The predicted octanol–water partition coefficient (Wildman–Crippen LogP) is 11.9. The lowest BCUT2D eigenvalue weighted by Crippen LogP contribution is -2.51. The molecule has 4 aromatic heterocycles. The molecule has 35 heteroatoms. The lowest BCUT2D eigenvalue weighted by Gasteiger charge is -2.38. The Morgan fingerprint density at radius 3 is 0.976 bits per heavy atom. The number of nitrogens with one attached hydrogen (secondary N) is 4. The summed E-state index contributed by atoms with van der Waals surface area (Å²) in [5.74, 6) is 7.55. The number of hydrogen-bond donors (Lipinski definition) is 4. The average Bonchev–Trinajstić information content (AvgIpc) is 1.73. The number of fused-ring (bicyclic) bond motifs is 4. The van der Waals surface area contributed by atoms with Gasteiger partial charge in [-0.05, 0) is 160 Å². The van der Waals surface area contributed by atoms with Crippen molar-refractivity contribution in [2.45, 2.75) is 162 Å². The van der Waals surface area contributed by atoms with Crippen LogP contribution in [0.2, 0.25) is 0 Å². The number of ether oxygens (including phenoxy) is 1. The number of nitrogens with zero attached hydrogens (tertiary/aromatic N) is 20. The average molecular weight is 1710 g/mol. The highest BCUT2D eigenvalue weighted by Crippen LogP contribution is 2.46. The number of rotatable bonds is 24. The first-order valence-electron chi connectivity index (χ1n) is 42.1. The quantitative estimate of drug-likeness (QED) is 0.0436. The monoisotopic (exact) mass is 1710 g/mol. The maximum atomic E-state index is 12.8. The van der Waals surface area contributed by atoms with Crippen LogP contribution in [0.1, 0.15) is 129 Å². The molecule has 0 radical (unpaired) electrons. The Labute approximate surface area is 720 Å². The van der Waals surface area contributed by atoms with Crippen LogP contribution in [0.25, 0.3) is 0 Å². The van der Waals surface area contributed by atoms with Crippen molar-refractivity contribution in [1.29, 1.82) is 10.5 Å². The zero-order chi connectivity index (χ0) is 87.7. The molecule has 0 bridgehead atoms. The molecule has 123 heavy (non-hydrogen) atoms. The van der Waals surface area contributed by atoms with E-state index in [9.17, 15) is 46.5 Å². The number of likely N-dealkylation sites (N-methyl/N-ethyl adjacent to an activating group) is 8. The van der Waals surface area contributed by atoms with Crippen LogP contribution in [-0.2, 0) is 54.8 Å². The zero-order valence-corrected chi connectivity index (χ0v) is 74.0. The Morgan fingerprint density at radius 1 is 0.439 bits per heavy atom. The van der Waals surface area contributed by atoms with E-state index in [1.54, 1.807) is 121 Å². The van der Waals surface area contributed by atoms with Crippen LogP contribution in [0.15, 0.2) is 132 Å². The lowest BCUT2D eigenvalue weighted by molar-refractivity contribution is -0.120. The van der Waals surface area contributed by atoms with Crippen molar-refractivity contribution >= 4 is 136 Å². The molecular weight excluding hydrogens is 1600 g/mol. The van der Waals surface area contributed by atoms with Gasteiger partial charge in [0.2, 0.25) is 67.5 Å². The van der Waals surface area contributed by atoms with Gasteiger partial charge in [0.25, 0.3) is 0 Å². The summed E-state index contributed by atoms with van der Waals surface area (Å²) in [7, 11) is 10.8. The first kappa shape index (κ1) is 87.6. The standard InChI is InChI=1S/C24H28N6O2.C22H30N6O3S.C22H26N6O.C20H26N6O3S/c1-29-19(13-16-3-4-16)22(31)30(2)20-14-26-23(28-21(20)29)27-18-7-5-17(6-8-18)24(15-25)9-11-32-12-10-24;1-5-28(6-2)32(30,31)17-11-9-16(10-12-17)24-22-23-14-19-20(25-22)26(3)18(13-15-7-8-15)21(29)27(19)4;1-22(2,13-23)15-7-9-16(10-8-15)25-21-24-12-18-19(26-21)27(3)17(11-14-5-6-14)20(29)28(18)4;1-24(2)30(28,29)15-9-7-14(8-10-15)22-20-21-12-17-18(23-20)25(3)16(11-13-5-6-13)19(27)26(17)4/h5-8,14,16,19H,3-4,9-13H2,1-2H3,(H,26,27,28);9-12,14-15,18H,5-8,13H2,1-4H3,(H,23,24,25);7-10,12,14,17H,5-6,11H2,1-4H3,(H,24,25,26);7-10,12-13,16H,5-6,11H2,1-4H3,(H,21,22,23). The SMILES string of the molecule is CCN(CC)S(=O)(=O)c1ccc(Nc2ncc3c(n2)N(C)C(CC2CC2)C(=O)N3C)cc1.CN1C(=O)C(CC2CC2)N(C)c2nc(Nc3ccc(C(C)(C)C#N)cc3)ncc21.CN1C(=O)C(CC2CC2)N(C)c2nc(Nc3ccc(C4(C#N)CCOCC4)cc3)ncc21.CN1C(=O)C(CC2CC2)N(C)c2nc(Nc3ccc(S(=O)(=O)N(C)C)cc3)ncc21. The van der Waals surface area contributed by atoms with Crippen LogP contribution in [0, 0.1) is 46.3 Å². The van der Waals surface area contributed by atoms with E-state index < -0.39 is 30.9 Å². The molecule has 1 saturated heterocycles. The summed E-state index contributed by atoms with van der Waals surface area (Å²) in [6.45, 7) is 9.51. The van der Waals surface area contributed by atoms with E-state index in [2.05, 4.69) is 63.3 Å². The molecule has 33 nitrogen and oxygen atoms in total. The molecule has 8 aromatic rings. The molecule has 17 rings (SSSR count). The van der Waals surface area contributed by atoms with Crippen molar-refractivity contribution in [2.24, 2.45) is 23.7 Å². The highest BCUT2D eigenvalue weighted by Gasteiger charge is 2.45. The van der Waals surface area contributed by atoms with Gasteiger partial charge in [-0.2, -0.15) is 34.8 Å². The van der Waals surface area contributed by atoms with E-state index >= 15 is 0 Å². The van der Waals surface area contributed by atoms with Gasteiger partial charge in [-0.1, -0.05) is 89.5 Å². The van der Waals surface area contributed by atoms with E-state index in [1.165, 1.54) is 74.1 Å². The van der Waals surface area contributed by atoms with E-state index in [0.717, 1.165) is 71.2 Å². The Kier molecular flexibility index (Phi) is 25.6. The maximum Gasteiger partial charge on any atom is 0.249 e. The van der Waals surface area contributed by atoms with Crippen molar-refractivity contribution in [3.63, 3.8) is 0 Å². The van der Waals surface area contributed by atoms with Gasteiger partial charge in [0, 0.05) is 120 Å². The number of benzene rings is 4. The molecule has 0 spiro atoms. The summed E-state index contributed by atoms with van der Waals surface area (Å²) in [6.07, 6.45) is 21.1. The highest BCUT2D eigenvalue weighted by atomic mass is 32.2. The number of hydrogen-bond acceptors (Lipinski definition) is 27. The third-order valence-corrected chi connectivity index (χ3v) is 28.8. The summed E-state index contributed by atoms with van der Waals surface area (Å²) >= 11 is 0. The molecule has 4 saturated carbocycles. The second-order valence-corrected chi connectivity index (χ2v) is 38.1. The predicted molar refractivity (Wildman–Crippen MR) is 476 cm³/mol. The normalized spacial score (nSPS) is 19.9. The molecule has 4 atom stereocenters. The molecule has 4 aliphatic carbocycles. The van der Waals surface area contributed by atoms with Gasteiger partial charge in [-0.25, -0.2) is 41.1 Å². The third-order valence-electron chi connectivity index (χ3n) is 24.9. The summed E-state index contributed by atoms with van der Waals surface area (Å²) in [5.41, 5.74) is 6.82. The number of carbonyl (C=O) groups is 4. The summed E-state index contributed by atoms with van der Waals surface area (Å²) in [4.78, 5) is 102. The fraction of sp³-hybridized carbons (Fsp3) is 0.477. The minimum absolute atomic E-state index is 0.0684. The highest BCUT2D eigenvalue weighted by molar-refractivity contribution is 7.89. The Bertz CT molecular complexity index is 5560. The van der Waals surface area contributed by atoms with Crippen LogP contribution in [-0.4, -0.2) is 210 Å². The van der Waals surface area contributed by atoms with E-state index in [1.807, 2.05) is 124 Å². The number of sulfonamides is 2.